The lowest BCUT2D eigenvalue weighted by Crippen LogP contribution is -2.16. The molecule has 0 heterocycles. The summed E-state index contributed by atoms with van der Waals surface area (Å²) in [6.07, 6.45) is 19.8. The van der Waals surface area contributed by atoms with Crippen molar-refractivity contribution in [1.82, 2.24) is 0 Å². The maximum absolute atomic E-state index is 9.58. The van der Waals surface area contributed by atoms with Crippen molar-refractivity contribution in [3.8, 4) is 44.5 Å². The molecule has 4 fully saturated rings. The lowest BCUT2D eigenvalue weighted by Gasteiger charge is -2.29. The molecular formula is C88H110Cl2O2. The molecule has 0 aliphatic heterocycles. The van der Waals surface area contributed by atoms with Gasteiger partial charge in [0.2, 0.25) is 0 Å². The van der Waals surface area contributed by atoms with Crippen LogP contribution in [0.2, 0.25) is 0 Å². The van der Waals surface area contributed by atoms with Gasteiger partial charge in [-0.3, -0.25) is 0 Å². The number of aryl methyl sites for hydroxylation is 4. The molecular weight excluding hydrogens is 1160 g/mol. The van der Waals surface area contributed by atoms with Crippen LogP contribution in [0.1, 0.15) is 251 Å². The standard InChI is InChI=1S/2C22H27Cl.2C22H28O/c4*1-4-16-7-5-8-18(13-16)19-11-10-17(15-23)14-20(19)21-9-6-12-22(21,2)3/h2*5,7-8,10-11,13-14,21H,4,6,9,12,15H2,1-3H3;2*5,7-8,10-11,13-14,21,23H,4,6,9,12,15H2,1-3H3/t4*21-/m1010/s1. The summed E-state index contributed by atoms with van der Waals surface area (Å²) in [7, 11) is 0. The van der Waals surface area contributed by atoms with Crippen LogP contribution in [0, 0.1) is 21.7 Å². The molecule has 0 amide bonds. The zero-order valence-corrected chi connectivity index (χ0v) is 59.8. The lowest BCUT2D eigenvalue weighted by molar-refractivity contribution is 0.281. The van der Waals surface area contributed by atoms with Gasteiger partial charge in [0.25, 0.3) is 0 Å². The highest BCUT2D eigenvalue weighted by Gasteiger charge is 2.40. The van der Waals surface area contributed by atoms with Crippen LogP contribution in [0.4, 0.5) is 0 Å². The maximum atomic E-state index is 9.58. The minimum Gasteiger partial charge on any atom is -0.392 e. The van der Waals surface area contributed by atoms with Crippen molar-refractivity contribution in [2.24, 2.45) is 21.7 Å². The first-order valence-corrected chi connectivity index (χ1v) is 36.5. The molecule has 0 bridgehead atoms. The first-order valence-electron chi connectivity index (χ1n) is 35.4. The van der Waals surface area contributed by atoms with Crippen LogP contribution in [0.15, 0.2) is 170 Å². The summed E-state index contributed by atoms with van der Waals surface area (Å²) in [5.74, 6) is 3.60. The van der Waals surface area contributed by atoms with Gasteiger partial charge in [-0.2, -0.15) is 0 Å². The van der Waals surface area contributed by atoms with Crippen molar-refractivity contribution in [2.75, 3.05) is 0 Å². The van der Waals surface area contributed by atoms with Crippen LogP contribution >= 0.6 is 23.2 Å². The van der Waals surface area contributed by atoms with E-state index in [1.807, 2.05) is 0 Å². The van der Waals surface area contributed by atoms with Crippen molar-refractivity contribution in [2.45, 2.75) is 234 Å². The Balaban J connectivity index is 0.000000145. The van der Waals surface area contributed by atoms with Gasteiger partial charge in [0.1, 0.15) is 0 Å². The van der Waals surface area contributed by atoms with Gasteiger partial charge in [0, 0.05) is 11.8 Å². The molecule has 2 N–H and O–H groups in total. The summed E-state index contributed by atoms with van der Waals surface area (Å²) in [5, 5.41) is 19.2. The van der Waals surface area contributed by atoms with Crippen LogP contribution in [-0.4, -0.2) is 10.2 Å². The van der Waals surface area contributed by atoms with Gasteiger partial charge in [-0.1, -0.05) is 279 Å². The van der Waals surface area contributed by atoms with Crippen molar-refractivity contribution in [3.63, 3.8) is 0 Å². The smallest absolute Gasteiger partial charge is 0.0681 e. The van der Waals surface area contributed by atoms with E-state index in [2.05, 4.69) is 253 Å². The summed E-state index contributed by atoms with van der Waals surface area (Å²) in [4.78, 5) is 0. The minimum absolute atomic E-state index is 0.120. The van der Waals surface area contributed by atoms with E-state index in [9.17, 15) is 10.2 Å². The van der Waals surface area contributed by atoms with Gasteiger partial charge in [0.05, 0.1) is 13.2 Å². The number of hydrogen-bond acceptors (Lipinski definition) is 2. The number of aliphatic hydroxyl groups excluding tert-OH is 2. The third kappa shape index (κ3) is 16.8. The van der Waals surface area contributed by atoms with Crippen LogP contribution in [-0.2, 0) is 50.7 Å². The molecule has 0 aromatic heterocycles. The predicted molar refractivity (Wildman–Crippen MR) is 397 cm³/mol. The SMILES string of the molecule is CCc1cccc(-c2ccc(CCl)cc2[C@@H]2CCCC2(C)C)c1.CCc1cccc(-c2ccc(CCl)cc2[C@H]2CCCC2(C)C)c1.CCc1cccc(-c2ccc(CO)cc2[C@@H]2CCCC2(C)C)c1.CCc1cccc(-c2ccc(CO)cc2[C@H]2CCCC2(C)C)c1. The molecule has 0 radical (unpaired) electrons. The predicted octanol–water partition coefficient (Wildman–Crippen LogP) is 25.3. The van der Waals surface area contributed by atoms with E-state index in [-0.39, 0.29) is 13.2 Å². The van der Waals surface area contributed by atoms with E-state index in [0.29, 0.717) is 57.1 Å². The van der Waals surface area contributed by atoms with E-state index in [1.165, 1.54) is 177 Å². The molecule has 4 atom stereocenters. The fraction of sp³-hybridized carbons (Fsp3) is 0.455. The van der Waals surface area contributed by atoms with Crippen LogP contribution in [0.25, 0.3) is 44.5 Å². The highest BCUT2D eigenvalue weighted by atomic mass is 35.5. The zero-order valence-electron chi connectivity index (χ0n) is 58.3. The molecule has 12 rings (SSSR count). The zero-order chi connectivity index (χ0) is 65.8. The number of hydrogen-bond donors (Lipinski definition) is 2. The van der Waals surface area contributed by atoms with Gasteiger partial charge in [-0.25, -0.2) is 0 Å². The normalized spacial score (nSPS) is 19.9. The van der Waals surface area contributed by atoms with Crippen molar-refractivity contribution >= 4 is 23.2 Å². The number of rotatable bonds is 16. The number of alkyl halides is 2. The fourth-order valence-electron chi connectivity index (χ4n) is 16.5. The molecule has 8 aromatic carbocycles. The van der Waals surface area contributed by atoms with Gasteiger partial charge < -0.3 is 10.2 Å². The van der Waals surface area contributed by atoms with Crippen LogP contribution in [0.3, 0.4) is 0 Å². The lowest BCUT2D eigenvalue weighted by atomic mass is 9.75. The molecule has 2 nitrogen and oxygen atoms in total. The Hall–Kier alpha value is -5.74. The second-order valence-electron chi connectivity index (χ2n) is 30.2. The largest absolute Gasteiger partial charge is 0.392 e. The quantitative estimate of drug-likeness (QED) is 0.0947. The molecule has 8 aromatic rings. The Morgan fingerprint density at radius 1 is 0.304 bits per heavy atom. The fourth-order valence-corrected chi connectivity index (χ4v) is 16.8. The second-order valence-corrected chi connectivity index (χ2v) is 30.8. The van der Waals surface area contributed by atoms with Gasteiger partial charge in [-0.15, -0.1) is 23.2 Å². The molecule has 4 saturated carbocycles. The molecule has 92 heavy (non-hydrogen) atoms. The third-order valence-corrected chi connectivity index (χ3v) is 22.9. The van der Waals surface area contributed by atoms with Gasteiger partial charge >= 0.3 is 0 Å². The van der Waals surface area contributed by atoms with E-state index in [4.69, 9.17) is 23.2 Å². The highest BCUT2D eigenvalue weighted by molar-refractivity contribution is 6.17. The Morgan fingerprint density at radius 2 is 0.533 bits per heavy atom. The Bertz CT molecular complexity index is 3220. The van der Waals surface area contributed by atoms with Crippen molar-refractivity contribution in [3.05, 3.63) is 237 Å². The Labute approximate surface area is 567 Å². The maximum Gasteiger partial charge on any atom is 0.0681 e. The molecule has 488 valence electrons. The van der Waals surface area contributed by atoms with E-state index in [1.54, 1.807) is 0 Å². The van der Waals surface area contributed by atoms with E-state index in [0.717, 1.165) is 36.8 Å². The van der Waals surface area contributed by atoms with Crippen molar-refractivity contribution in [1.29, 1.82) is 0 Å². The first-order chi connectivity index (χ1) is 44.2. The number of halogens is 2. The van der Waals surface area contributed by atoms with Crippen LogP contribution < -0.4 is 0 Å². The van der Waals surface area contributed by atoms with E-state index >= 15 is 0 Å². The summed E-state index contributed by atoms with van der Waals surface area (Å²) in [6.45, 7) is 28.3. The van der Waals surface area contributed by atoms with Crippen LogP contribution in [0.5, 0.6) is 0 Å². The summed E-state index contributed by atoms with van der Waals surface area (Å²) in [6, 6.07) is 62.5. The van der Waals surface area contributed by atoms with E-state index < -0.39 is 0 Å². The Kier molecular flexibility index (Phi) is 24.3. The number of benzene rings is 8. The average Bonchev–Trinajstić information content (AvgIpc) is 1.49. The second kappa shape index (κ2) is 31.7. The topological polar surface area (TPSA) is 40.5 Å². The molecule has 0 saturated heterocycles. The first kappa shape index (κ1) is 70.6. The monoisotopic (exact) mass is 1270 g/mol. The molecule has 0 spiro atoms. The summed E-state index contributed by atoms with van der Waals surface area (Å²) in [5.41, 5.74) is 28.2. The van der Waals surface area contributed by atoms with Gasteiger partial charge in [0.15, 0.2) is 0 Å². The third-order valence-electron chi connectivity index (χ3n) is 22.3. The van der Waals surface area contributed by atoms with Crippen molar-refractivity contribution < 1.29 is 10.2 Å². The minimum atomic E-state index is 0.120. The molecule has 4 heteroatoms. The summed E-state index contributed by atoms with van der Waals surface area (Å²) >= 11 is 12.2. The molecule has 4 aliphatic carbocycles. The average molecular weight is 1270 g/mol. The number of aliphatic hydroxyl groups is 2. The van der Waals surface area contributed by atoms with Gasteiger partial charge in [-0.05, 0) is 234 Å². The Morgan fingerprint density at radius 3 is 0.728 bits per heavy atom. The molecule has 4 aliphatic rings. The summed E-state index contributed by atoms with van der Waals surface area (Å²) < 4.78 is 0. The highest BCUT2D eigenvalue weighted by Crippen LogP contribution is 2.55. The molecule has 0 unspecified atom stereocenters.